The van der Waals surface area contributed by atoms with Crippen molar-refractivity contribution in [2.24, 2.45) is 28.6 Å². The van der Waals surface area contributed by atoms with E-state index in [4.69, 9.17) is 4.74 Å². The monoisotopic (exact) mass is 348 g/mol. The van der Waals surface area contributed by atoms with E-state index in [2.05, 4.69) is 19.9 Å². The molecule has 0 aromatic rings. The minimum atomic E-state index is -1.30. The van der Waals surface area contributed by atoms with Gasteiger partial charge in [0.1, 0.15) is 0 Å². The second kappa shape index (κ2) is 5.56. The summed E-state index contributed by atoms with van der Waals surface area (Å²) in [5.41, 5.74) is 1.32. The van der Waals surface area contributed by atoms with Gasteiger partial charge in [-0.3, -0.25) is 4.79 Å². The molecule has 4 aliphatic carbocycles. The minimum absolute atomic E-state index is 0.176. The van der Waals surface area contributed by atoms with Crippen LogP contribution in [-0.4, -0.2) is 28.1 Å². The van der Waals surface area contributed by atoms with Crippen molar-refractivity contribution in [3.8, 4) is 0 Å². The lowest BCUT2D eigenvalue weighted by Gasteiger charge is -2.58. The van der Waals surface area contributed by atoms with Gasteiger partial charge in [-0.1, -0.05) is 25.5 Å². The normalized spacial score (nSPS) is 51.8. The highest BCUT2D eigenvalue weighted by Crippen LogP contribution is 2.67. The van der Waals surface area contributed by atoms with E-state index in [9.17, 15) is 15.0 Å². The van der Waals surface area contributed by atoms with E-state index >= 15 is 0 Å². The summed E-state index contributed by atoms with van der Waals surface area (Å²) in [4.78, 5) is 11.6. The lowest BCUT2D eigenvalue weighted by molar-refractivity contribution is -0.262. The van der Waals surface area contributed by atoms with Gasteiger partial charge in [0.25, 0.3) is 0 Å². The van der Waals surface area contributed by atoms with Crippen LogP contribution in [0.2, 0.25) is 0 Å². The van der Waals surface area contributed by atoms with Crippen LogP contribution in [0.5, 0.6) is 0 Å². The van der Waals surface area contributed by atoms with Crippen molar-refractivity contribution in [1.29, 1.82) is 0 Å². The maximum atomic E-state index is 11.6. The first-order chi connectivity index (χ1) is 11.7. The Balaban J connectivity index is 1.65. The number of aliphatic hydroxyl groups is 2. The predicted molar refractivity (Wildman–Crippen MR) is 94.4 cm³/mol. The highest BCUT2D eigenvalue weighted by atomic mass is 16.7. The van der Waals surface area contributed by atoms with Gasteiger partial charge in [-0.25, -0.2) is 0 Å². The van der Waals surface area contributed by atoms with Gasteiger partial charge in [0, 0.05) is 18.8 Å². The molecular weight excluding hydrogens is 316 g/mol. The Labute approximate surface area is 150 Å². The molecule has 140 valence electrons. The lowest BCUT2D eigenvalue weighted by Crippen LogP contribution is -2.55. The van der Waals surface area contributed by atoms with E-state index in [1.165, 1.54) is 12.5 Å². The van der Waals surface area contributed by atoms with Crippen LogP contribution in [0, 0.1) is 28.6 Å². The van der Waals surface area contributed by atoms with Crippen molar-refractivity contribution in [3.63, 3.8) is 0 Å². The molecule has 0 amide bonds. The smallest absolute Gasteiger partial charge is 0.305 e. The van der Waals surface area contributed by atoms with Crippen LogP contribution in [0.15, 0.2) is 11.6 Å². The topological polar surface area (TPSA) is 66.8 Å². The Morgan fingerprint density at radius 1 is 1.16 bits per heavy atom. The number of carbonyl (C=O) groups excluding carboxylic acids is 1. The Hall–Kier alpha value is -0.870. The molecule has 4 aliphatic rings. The summed E-state index contributed by atoms with van der Waals surface area (Å²) in [5.74, 6) is -0.116. The fraction of sp³-hybridized carbons (Fsp3) is 0.857. The summed E-state index contributed by atoms with van der Waals surface area (Å²) in [7, 11) is 0. The third-order valence-electron chi connectivity index (χ3n) is 8.47. The molecule has 0 bridgehead atoms. The summed E-state index contributed by atoms with van der Waals surface area (Å²) < 4.78 is 5.46. The molecule has 0 heterocycles. The first-order valence-corrected chi connectivity index (χ1v) is 9.99. The number of carbonyl (C=O) groups is 1. The van der Waals surface area contributed by atoms with Gasteiger partial charge in [-0.15, -0.1) is 0 Å². The van der Waals surface area contributed by atoms with Gasteiger partial charge in [0.2, 0.25) is 5.79 Å². The van der Waals surface area contributed by atoms with Gasteiger partial charge in [0.15, 0.2) is 0 Å². The zero-order chi connectivity index (χ0) is 18.0. The molecule has 3 fully saturated rings. The molecule has 0 spiro atoms. The van der Waals surface area contributed by atoms with Crippen LogP contribution in [0.4, 0.5) is 0 Å². The van der Waals surface area contributed by atoms with Gasteiger partial charge in [-0.05, 0) is 68.1 Å². The third-order valence-corrected chi connectivity index (χ3v) is 8.47. The number of hydrogen-bond donors (Lipinski definition) is 2. The first-order valence-electron chi connectivity index (χ1n) is 9.99. The number of esters is 1. The van der Waals surface area contributed by atoms with E-state index in [-0.39, 0.29) is 22.9 Å². The van der Waals surface area contributed by atoms with Gasteiger partial charge >= 0.3 is 5.97 Å². The van der Waals surface area contributed by atoms with Gasteiger partial charge < -0.3 is 14.9 Å². The molecular formula is C21H32O4. The highest BCUT2D eigenvalue weighted by molar-refractivity contribution is 5.66. The maximum absolute atomic E-state index is 11.6. The predicted octanol–water partition coefficient (Wildman–Crippen LogP) is 3.56. The van der Waals surface area contributed by atoms with Crippen LogP contribution in [0.25, 0.3) is 0 Å². The fourth-order valence-corrected chi connectivity index (χ4v) is 7.02. The summed E-state index contributed by atoms with van der Waals surface area (Å²) in [6, 6.07) is 0. The van der Waals surface area contributed by atoms with Gasteiger partial charge in [0.05, 0.1) is 6.10 Å². The molecule has 0 saturated heterocycles. The Bertz CT molecular complexity index is 613. The number of fused-ring (bicyclic) bond motifs is 5. The Morgan fingerprint density at radius 3 is 2.60 bits per heavy atom. The second-order valence-electron chi connectivity index (χ2n) is 9.53. The second-order valence-corrected chi connectivity index (χ2v) is 9.53. The summed E-state index contributed by atoms with van der Waals surface area (Å²) in [6.07, 6.45) is 9.53. The largest absolute Gasteiger partial charge is 0.433 e. The first kappa shape index (κ1) is 17.5. The number of allylic oxidation sites excluding steroid dienone is 1. The Morgan fingerprint density at radius 2 is 1.88 bits per heavy atom. The van der Waals surface area contributed by atoms with Crippen molar-refractivity contribution in [3.05, 3.63) is 11.6 Å². The van der Waals surface area contributed by atoms with Crippen LogP contribution >= 0.6 is 0 Å². The van der Waals surface area contributed by atoms with Crippen molar-refractivity contribution >= 4 is 5.97 Å². The number of aliphatic hydroxyl groups excluding tert-OH is 1. The zero-order valence-electron chi connectivity index (χ0n) is 15.8. The van der Waals surface area contributed by atoms with E-state index in [1.54, 1.807) is 0 Å². The SMILES string of the molecule is CC(=O)OC1(O)CC[C@H]2[C@@H]3CC=C4CC(O)CC[C@]4(C)[C@@H]3CC[C@@]21C. The van der Waals surface area contributed by atoms with E-state index in [1.807, 2.05) is 0 Å². The molecule has 25 heavy (non-hydrogen) atoms. The molecule has 2 unspecified atom stereocenters. The summed E-state index contributed by atoms with van der Waals surface area (Å²) in [5, 5.41) is 21.2. The van der Waals surface area contributed by atoms with Crippen molar-refractivity contribution in [2.75, 3.05) is 0 Å². The average Bonchev–Trinajstić information content (AvgIpc) is 2.79. The van der Waals surface area contributed by atoms with Crippen LogP contribution < -0.4 is 0 Å². The van der Waals surface area contributed by atoms with E-state index in [0.29, 0.717) is 24.2 Å². The third kappa shape index (κ3) is 2.36. The molecule has 4 rings (SSSR count). The average molecular weight is 348 g/mol. The van der Waals surface area contributed by atoms with Crippen LogP contribution in [0.3, 0.4) is 0 Å². The molecule has 0 aromatic heterocycles. The maximum Gasteiger partial charge on any atom is 0.305 e. The molecule has 2 N–H and O–H groups in total. The molecule has 0 radical (unpaired) electrons. The van der Waals surface area contributed by atoms with Crippen molar-refractivity contribution in [1.82, 2.24) is 0 Å². The number of hydrogen-bond acceptors (Lipinski definition) is 4. The Kier molecular flexibility index (Phi) is 3.90. The minimum Gasteiger partial charge on any atom is -0.433 e. The van der Waals surface area contributed by atoms with Crippen LogP contribution in [-0.2, 0) is 9.53 Å². The molecule has 4 heteroatoms. The molecule has 7 atom stereocenters. The number of ether oxygens (including phenoxy) is 1. The molecule has 4 nitrogen and oxygen atoms in total. The summed E-state index contributed by atoms with van der Waals surface area (Å²) in [6.45, 7) is 5.93. The molecule has 0 aromatic carbocycles. The summed E-state index contributed by atoms with van der Waals surface area (Å²) >= 11 is 0. The molecule has 3 saturated carbocycles. The van der Waals surface area contributed by atoms with Crippen LogP contribution in [0.1, 0.15) is 72.1 Å². The van der Waals surface area contributed by atoms with E-state index in [0.717, 1.165) is 44.9 Å². The van der Waals surface area contributed by atoms with Crippen molar-refractivity contribution in [2.45, 2.75) is 84.0 Å². The van der Waals surface area contributed by atoms with E-state index < -0.39 is 5.79 Å². The highest BCUT2D eigenvalue weighted by Gasteiger charge is 2.65. The van der Waals surface area contributed by atoms with Crippen molar-refractivity contribution < 1.29 is 19.7 Å². The standard InChI is InChI=1S/C21H32O4/c1-13(22)25-21(24)11-8-18-16-5-4-14-12-15(23)6-9-19(14,2)17(16)7-10-20(18,21)3/h4,15-18,23-24H,5-12H2,1-3H3/t15?,16-,17-,18+,19+,20+,21?/m1/s1. The zero-order valence-corrected chi connectivity index (χ0v) is 15.8. The van der Waals surface area contributed by atoms with Gasteiger partial charge in [-0.2, -0.15) is 0 Å². The molecule has 0 aliphatic heterocycles. The quantitative estimate of drug-likeness (QED) is 0.432. The number of rotatable bonds is 1. The lowest BCUT2D eigenvalue weighted by atomic mass is 9.47. The fourth-order valence-electron chi connectivity index (χ4n) is 7.02.